The van der Waals surface area contributed by atoms with E-state index in [-0.39, 0.29) is 5.91 Å². The molecule has 2 aromatic carbocycles. The predicted octanol–water partition coefficient (Wildman–Crippen LogP) is 5.73. The molecule has 2 aromatic heterocycles. The van der Waals surface area contributed by atoms with E-state index in [0.717, 1.165) is 15.8 Å². The van der Waals surface area contributed by atoms with Gasteiger partial charge in [-0.05, 0) is 62.7 Å². The number of fused-ring (bicyclic) bond motifs is 1. The van der Waals surface area contributed by atoms with E-state index >= 15 is 0 Å². The van der Waals surface area contributed by atoms with Crippen molar-refractivity contribution in [2.75, 3.05) is 24.7 Å². The second-order valence-corrected chi connectivity index (χ2v) is 8.32. The van der Waals surface area contributed by atoms with Crippen LogP contribution in [-0.2, 0) is 6.54 Å². The van der Waals surface area contributed by atoms with E-state index in [1.165, 1.54) is 11.3 Å². The zero-order valence-electron chi connectivity index (χ0n) is 19.5. The largest absolute Gasteiger partial charge is 0.492 e. The lowest BCUT2D eigenvalue weighted by Gasteiger charge is -2.21. The van der Waals surface area contributed by atoms with Crippen LogP contribution in [0.25, 0.3) is 10.2 Å². The van der Waals surface area contributed by atoms with Gasteiger partial charge in [-0.3, -0.25) is 14.7 Å². The maximum atomic E-state index is 13.8. The van der Waals surface area contributed by atoms with Gasteiger partial charge in [0.25, 0.3) is 5.91 Å². The molecule has 0 aliphatic heterocycles. The fourth-order valence-corrected chi connectivity index (χ4v) is 4.52. The average molecular weight is 478 g/mol. The van der Waals surface area contributed by atoms with Crippen molar-refractivity contribution in [3.05, 3.63) is 72.1 Å². The molecule has 0 fully saturated rings. The number of anilines is 1. The summed E-state index contributed by atoms with van der Waals surface area (Å²) in [6.45, 7) is 7.59. The molecule has 0 saturated carbocycles. The molecule has 0 atom stereocenters. The van der Waals surface area contributed by atoms with Crippen LogP contribution in [0.3, 0.4) is 0 Å². The summed E-state index contributed by atoms with van der Waals surface area (Å²) >= 11 is 1.45. The van der Waals surface area contributed by atoms with Crippen molar-refractivity contribution in [2.45, 2.75) is 27.3 Å². The lowest BCUT2D eigenvalue weighted by atomic mass is 10.1. The molecule has 7 nitrogen and oxygen atoms in total. The van der Waals surface area contributed by atoms with Crippen LogP contribution in [0.2, 0.25) is 0 Å². The molecule has 4 aromatic rings. The number of ether oxygens (including phenoxy) is 3. The van der Waals surface area contributed by atoms with Crippen molar-refractivity contribution < 1.29 is 19.0 Å². The van der Waals surface area contributed by atoms with Crippen LogP contribution in [0.15, 0.2) is 60.9 Å². The Morgan fingerprint density at radius 2 is 1.68 bits per heavy atom. The number of benzene rings is 2. The SMILES string of the molecule is CCOc1ccc(C(=O)N(Cc2cccnc2)c2nc3c(OCC)cccc3s2)cc1OCC. The number of amides is 1. The van der Waals surface area contributed by atoms with Gasteiger partial charge in [0.15, 0.2) is 16.6 Å². The molecule has 0 N–H and O–H groups in total. The molecule has 1 amide bonds. The smallest absolute Gasteiger partial charge is 0.260 e. The Hall–Kier alpha value is -3.65. The Balaban J connectivity index is 1.76. The zero-order chi connectivity index (χ0) is 23.9. The summed E-state index contributed by atoms with van der Waals surface area (Å²) in [4.78, 5) is 24.5. The Bertz CT molecular complexity index is 1260. The molecule has 0 aliphatic carbocycles. The van der Waals surface area contributed by atoms with Crippen molar-refractivity contribution in [3.63, 3.8) is 0 Å². The van der Waals surface area contributed by atoms with Gasteiger partial charge in [0.1, 0.15) is 11.3 Å². The molecule has 0 radical (unpaired) electrons. The van der Waals surface area contributed by atoms with Gasteiger partial charge in [0.05, 0.1) is 31.1 Å². The Labute approximate surface area is 202 Å². The Kier molecular flexibility index (Phi) is 7.59. The van der Waals surface area contributed by atoms with Crippen LogP contribution in [0.1, 0.15) is 36.7 Å². The van der Waals surface area contributed by atoms with Gasteiger partial charge < -0.3 is 14.2 Å². The maximum Gasteiger partial charge on any atom is 0.260 e. The first kappa shape index (κ1) is 23.5. The highest BCUT2D eigenvalue weighted by atomic mass is 32.1. The van der Waals surface area contributed by atoms with Crippen molar-refractivity contribution in [1.29, 1.82) is 0 Å². The molecule has 0 spiro atoms. The van der Waals surface area contributed by atoms with Crippen molar-refractivity contribution in [1.82, 2.24) is 9.97 Å². The van der Waals surface area contributed by atoms with Gasteiger partial charge in [0.2, 0.25) is 0 Å². The molecule has 0 bridgehead atoms. The minimum absolute atomic E-state index is 0.190. The van der Waals surface area contributed by atoms with E-state index in [4.69, 9.17) is 19.2 Å². The lowest BCUT2D eigenvalue weighted by Crippen LogP contribution is -2.30. The van der Waals surface area contributed by atoms with E-state index in [2.05, 4.69) is 4.98 Å². The van der Waals surface area contributed by atoms with Gasteiger partial charge in [-0.1, -0.05) is 23.5 Å². The first-order valence-electron chi connectivity index (χ1n) is 11.3. The van der Waals surface area contributed by atoms with Gasteiger partial charge in [-0.2, -0.15) is 0 Å². The second kappa shape index (κ2) is 11.0. The first-order valence-corrected chi connectivity index (χ1v) is 12.1. The zero-order valence-corrected chi connectivity index (χ0v) is 20.3. The summed E-state index contributed by atoms with van der Waals surface area (Å²) in [5.41, 5.74) is 2.13. The topological polar surface area (TPSA) is 73.8 Å². The molecular weight excluding hydrogens is 450 g/mol. The number of pyridine rings is 1. The number of aromatic nitrogens is 2. The summed E-state index contributed by atoms with van der Waals surface area (Å²) in [6.07, 6.45) is 3.46. The minimum Gasteiger partial charge on any atom is -0.492 e. The summed E-state index contributed by atoms with van der Waals surface area (Å²) in [7, 11) is 0. The second-order valence-electron chi connectivity index (χ2n) is 7.31. The van der Waals surface area contributed by atoms with E-state index < -0.39 is 0 Å². The number of carbonyl (C=O) groups excluding carboxylic acids is 1. The summed E-state index contributed by atoms with van der Waals surface area (Å²) in [6, 6.07) is 14.9. The van der Waals surface area contributed by atoms with Gasteiger partial charge >= 0.3 is 0 Å². The summed E-state index contributed by atoms with van der Waals surface area (Å²) < 4.78 is 18.1. The molecule has 8 heteroatoms. The third kappa shape index (κ3) is 5.12. The van der Waals surface area contributed by atoms with Crippen LogP contribution in [0.5, 0.6) is 17.2 Å². The molecule has 34 heavy (non-hydrogen) atoms. The third-order valence-corrected chi connectivity index (χ3v) is 6.04. The standard InChI is InChI=1S/C26H27N3O4S/c1-4-31-20-13-12-19(15-22(20)33-6-3)25(30)29(17-18-9-8-14-27-16-18)26-28-24-21(32-5-2)10-7-11-23(24)34-26/h7-16H,4-6,17H2,1-3H3. The van der Waals surface area contributed by atoms with Crippen LogP contribution in [0.4, 0.5) is 5.13 Å². The third-order valence-electron chi connectivity index (χ3n) is 5.00. The normalized spacial score (nSPS) is 10.8. The van der Waals surface area contributed by atoms with E-state index in [9.17, 15) is 4.79 Å². The van der Waals surface area contributed by atoms with Gasteiger partial charge in [-0.25, -0.2) is 4.98 Å². The highest BCUT2D eigenvalue weighted by molar-refractivity contribution is 7.22. The highest BCUT2D eigenvalue weighted by Crippen LogP contribution is 2.36. The Morgan fingerprint density at radius 1 is 0.912 bits per heavy atom. The number of hydrogen-bond acceptors (Lipinski definition) is 7. The fraction of sp³-hybridized carbons (Fsp3) is 0.269. The number of carbonyl (C=O) groups is 1. The molecule has 0 aliphatic rings. The van der Waals surface area contributed by atoms with Crippen molar-refractivity contribution >= 4 is 32.6 Å². The van der Waals surface area contributed by atoms with E-state index in [1.54, 1.807) is 35.5 Å². The molecule has 4 rings (SSSR count). The molecule has 0 unspecified atom stereocenters. The van der Waals surface area contributed by atoms with Crippen molar-refractivity contribution in [3.8, 4) is 17.2 Å². The number of thiazole rings is 1. The van der Waals surface area contributed by atoms with Crippen LogP contribution in [-0.4, -0.2) is 35.7 Å². The molecule has 176 valence electrons. The maximum absolute atomic E-state index is 13.8. The Morgan fingerprint density at radius 3 is 2.41 bits per heavy atom. The number of para-hydroxylation sites is 1. The highest BCUT2D eigenvalue weighted by Gasteiger charge is 2.24. The van der Waals surface area contributed by atoms with Crippen LogP contribution >= 0.6 is 11.3 Å². The number of rotatable bonds is 10. The molecular formula is C26H27N3O4S. The first-order chi connectivity index (χ1) is 16.6. The van der Waals surface area contributed by atoms with Crippen LogP contribution < -0.4 is 19.1 Å². The number of hydrogen-bond donors (Lipinski definition) is 0. The van der Waals surface area contributed by atoms with E-state index in [0.29, 0.717) is 54.3 Å². The minimum atomic E-state index is -0.190. The summed E-state index contributed by atoms with van der Waals surface area (Å²) in [5.74, 6) is 1.67. The van der Waals surface area contributed by atoms with Crippen LogP contribution in [0, 0.1) is 0 Å². The monoisotopic (exact) mass is 477 g/mol. The van der Waals surface area contributed by atoms with Crippen molar-refractivity contribution in [2.24, 2.45) is 0 Å². The number of nitrogens with zero attached hydrogens (tertiary/aromatic N) is 3. The summed E-state index contributed by atoms with van der Waals surface area (Å²) in [5, 5.41) is 0.586. The molecule has 0 saturated heterocycles. The fourth-order valence-electron chi connectivity index (χ4n) is 3.54. The predicted molar refractivity (Wildman–Crippen MR) is 134 cm³/mol. The average Bonchev–Trinajstić information content (AvgIpc) is 3.29. The lowest BCUT2D eigenvalue weighted by molar-refractivity contribution is 0.0984. The van der Waals surface area contributed by atoms with Gasteiger partial charge in [0, 0.05) is 18.0 Å². The molecule has 2 heterocycles. The van der Waals surface area contributed by atoms with Gasteiger partial charge in [-0.15, -0.1) is 0 Å². The van der Waals surface area contributed by atoms with E-state index in [1.807, 2.05) is 51.1 Å². The quantitative estimate of drug-likeness (QED) is 0.290.